The normalized spacial score (nSPS) is 11.7. The maximum atomic E-state index is 13.6. The number of aromatic nitrogens is 2. The Bertz CT molecular complexity index is 687. The quantitative estimate of drug-likeness (QED) is 0.832. The number of hydrogen-bond acceptors (Lipinski definition) is 4. The number of benzene rings is 1. The Kier molecular flexibility index (Phi) is 2.81. The molecule has 1 aromatic carbocycles. The van der Waals surface area contributed by atoms with E-state index in [0.29, 0.717) is 0 Å². The predicted octanol–water partition coefficient (Wildman–Crippen LogP) is 1.14. The van der Waals surface area contributed by atoms with Crippen molar-refractivity contribution < 1.29 is 17.2 Å². The number of nitrogens with two attached hydrogens (primary N) is 1. The maximum absolute atomic E-state index is 13.6. The molecule has 5 nitrogen and oxygen atoms in total. The summed E-state index contributed by atoms with van der Waals surface area (Å²) in [5, 5.41) is 3.62. The summed E-state index contributed by atoms with van der Waals surface area (Å²) in [6, 6.07) is 1.86. The fraction of sp³-hybridized carbons (Fsp3) is 0.100. The molecule has 2 aromatic rings. The summed E-state index contributed by atoms with van der Waals surface area (Å²) in [4.78, 5) is -0.127. The minimum Gasteiger partial charge on any atom is -0.399 e. The minimum absolute atomic E-state index is 0.0655. The van der Waals surface area contributed by atoms with Crippen LogP contribution in [0.1, 0.15) is 0 Å². The Morgan fingerprint density at radius 3 is 2.28 bits per heavy atom. The lowest BCUT2D eigenvalue weighted by atomic mass is 10.2. The second-order valence-corrected chi connectivity index (χ2v) is 5.74. The lowest BCUT2D eigenvalue weighted by Crippen LogP contribution is -2.03. The third-order valence-electron chi connectivity index (χ3n) is 2.26. The Morgan fingerprint density at radius 2 is 1.83 bits per heavy atom. The van der Waals surface area contributed by atoms with Gasteiger partial charge in [-0.05, 0) is 12.1 Å². The van der Waals surface area contributed by atoms with Crippen molar-refractivity contribution in [2.45, 2.75) is 4.90 Å². The molecular weight excluding hydrogens is 264 g/mol. The predicted molar refractivity (Wildman–Crippen MR) is 61.0 cm³/mol. The van der Waals surface area contributed by atoms with Crippen molar-refractivity contribution in [2.75, 3.05) is 12.0 Å². The molecule has 18 heavy (non-hydrogen) atoms. The highest BCUT2D eigenvalue weighted by Gasteiger charge is 2.16. The molecule has 0 amide bonds. The molecule has 2 rings (SSSR count). The van der Waals surface area contributed by atoms with Gasteiger partial charge in [-0.15, -0.1) is 0 Å². The first-order valence-electron chi connectivity index (χ1n) is 4.78. The third-order valence-corrected chi connectivity index (χ3v) is 3.32. The van der Waals surface area contributed by atoms with Gasteiger partial charge in [-0.25, -0.2) is 21.9 Å². The number of sulfone groups is 1. The number of hydrogen-bond donors (Lipinski definition) is 1. The number of nitrogen functional groups attached to an aromatic ring is 1. The van der Waals surface area contributed by atoms with E-state index in [4.69, 9.17) is 5.73 Å². The van der Waals surface area contributed by atoms with Crippen molar-refractivity contribution >= 4 is 15.5 Å². The molecule has 0 bridgehead atoms. The lowest BCUT2D eigenvalue weighted by molar-refractivity contribution is 0.560. The van der Waals surface area contributed by atoms with E-state index in [1.54, 1.807) is 0 Å². The minimum atomic E-state index is -3.48. The molecule has 0 atom stereocenters. The van der Waals surface area contributed by atoms with Crippen LogP contribution in [0.25, 0.3) is 5.69 Å². The van der Waals surface area contributed by atoms with Gasteiger partial charge in [0.25, 0.3) is 0 Å². The zero-order chi connectivity index (χ0) is 13.5. The largest absolute Gasteiger partial charge is 0.399 e. The van der Waals surface area contributed by atoms with Crippen LogP contribution in [-0.4, -0.2) is 24.5 Å². The van der Waals surface area contributed by atoms with Crippen LogP contribution in [0, 0.1) is 11.6 Å². The zero-order valence-electron chi connectivity index (χ0n) is 9.26. The van der Waals surface area contributed by atoms with E-state index in [1.165, 1.54) is 0 Å². The van der Waals surface area contributed by atoms with Gasteiger partial charge in [0.2, 0.25) is 0 Å². The fourth-order valence-corrected chi connectivity index (χ4v) is 1.95. The Hall–Kier alpha value is -1.96. The molecule has 1 aromatic heterocycles. The number of halogens is 2. The molecule has 0 aliphatic carbocycles. The summed E-state index contributed by atoms with van der Waals surface area (Å²) in [5.41, 5.74) is 4.74. The fourth-order valence-electron chi connectivity index (χ4n) is 1.42. The van der Waals surface area contributed by atoms with Crippen LogP contribution in [0.5, 0.6) is 0 Å². The molecular formula is C10H9F2N3O2S. The molecule has 8 heteroatoms. The number of nitrogens with zero attached hydrogens (tertiary/aromatic N) is 2. The Balaban J connectivity index is 2.60. The van der Waals surface area contributed by atoms with Crippen LogP contribution in [0.15, 0.2) is 29.4 Å². The highest BCUT2D eigenvalue weighted by molar-refractivity contribution is 7.90. The van der Waals surface area contributed by atoms with Crippen LogP contribution < -0.4 is 5.73 Å². The molecule has 2 N–H and O–H groups in total. The molecule has 1 heterocycles. The van der Waals surface area contributed by atoms with E-state index in [-0.39, 0.29) is 10.6 Å². The van der Waals surface area contributed by atoms with E-state index in [1.807, 2.05) is 0 Å². The topological polar surface area (TPSA) is 78.0 Å². The first kappa shape index (κ1) is 12.5. The van der Waals surface area contributed by atoms with E-state index < -0.39 is 27.2 Å². The van der Waals surface area contributed by atoms with Crippen molar-refractivity contribution in [3.8, 4) is 5.69 Å². The summed E-state index contributed by atoms with van der Waals surface area (Å²) in [7, 11) is -3.48. The van der Waals surface area contributed by atoms with E-state index in [2.05, 4.69) is 5.10 Å². The summed E-state index contributed by atoms with van der Waals surface area (Å²) in [6.45, 7) is 0. The maximum Gasteiger partial charge on any atom is 0.178 e. The van der Waals surface area contributed by atoms with Crippen LogP contribution >= 0.6 is 0 Å². The molecule has 0 fully saturated rings. The van der Waals surface area contributed by atoms with Crippen molar-refractivity contribution in [3.63, 3.8) is 0 Å². The summed E-state index contributed by atoms with van der Waals surface area (Å²) < 4.78 is 50.4. The van der Waals surface area contributed by atoms with Gasteiger partial charge in [0, 0.05) is 18.1 Å². The summed E-state index contributed by atoms with van der Waals surface area (Å²) in [5.74, 6) is -1.84. The summed E-state index contributed by atoms with van der Waals surface area (Å²) in [6.07, 6.45) is 3.03. The van der Waals surface area contributed by atoms with Gasteiger partial charge in [0.15, 0.2) is 21.5 Å². The van der Waals surface area contributed by atoms with Crippen LogP contribution in [0.3, 0.4) is 0 Å². The van der Waals surface area contributed by atoms with Gasteiger partial charge in [-0.3, -0.25) is 0 Å². The zero-order valence-corrected chi connectivity index (χ0v) is 10.1. The Morgan fingerprint density at radius 1 is 1.28 bits per heavy atom. The van der Waals surface area contributed by atoms with Crippen molar-refractivity contribution in [1.82, 2.24) is 9.78 Å². The van der Waals surface area contributed by atoms with Crippen LogP contribution in [-0.2, 0) is 9.84 Å². The SMILES string of the molecule is CS(=O)(=O)c1cnn(-c2c(F)cc(N)cc2F)c1. The molecule has 0 saturated carbocycles. The highest BCUT2D eigenvalue weighted by atomic mass is 32.2. The number of rotatable bonds is 2. The third kappa shape index (κ3) is 2.19. The van der Waals surface area contributed by atoms with Crippen LogP contribution in [0.2, 0.25) is 0 Å². The molecule has 0 aliphatic rings. The molecule has 0 spiro atoms. The van der Waals surface area contributed by atoms with E-state index in [9.17, 15) is 17.2 Å². The highest BCUT2D eigenvalue weighted by Crippen LogP contribution is 2.21. The molecule has 0 saturated heterocycles. The molecule has 96 valence electrons. The Labute approximate surface area is 102 Å². The van der Waals surface area contributed by atoms with Crippen molar-refractivity contribution in [3.05, 3.63) is 36.2 Å². The smallest absolute Gasteiger partial charge is 0.178 e. The van der Waals surface area contributed by atoms with Crippen molar-refractivity contribution in [2.24, 2.45) is 0 Å². The van der Waals surface area contributed by atoms with Crippen LogP contribution in [0.4, 0.5) is 14.5 Å². The standard InChI is InChI=1S/C10H9F2N3O2S/c1-18(16,17)7-4-14-15(5-7)10-8(11)2-6(13)3-9(10)12/h2-5H,13H2,1H3. The second-order valence-electron chi connectivity index (χ2n) is 3.73. The number of anilines is 1. The first-order valence-corrected chi connectivity index (χ1v) is 6.68. The average Bonchev–Trinajstić information content (AvgIpc) is 2.64. The van der Waals surface area contributed by atoms with Gasteiger partial charge in [0.1, 0.15) is 10.6 Å². The molecule has 0 aliphatic heterocycles. The van der Waals surface area contributed by atoms with Gasteiger partial charge in [-0.1, -0.05) is 0 Å². The second kappa shape index (κ2) is 4.05. The van der Waals surface area contributed by atoms with Gasteiger partial charge in [-0.2, -0.15) is 5.10 Å². The average molecular weight is 273 g/mol. The van der Waals surface area contributed by atoms with Crippen molar-refractivity contribution in [1.29, 1.82) is 0 Å². The lowest BCUT2D eigenvalue weighted by Gasteiger charge is -2.05. The van der Waals surface area contributed by atoms with E-state index in [0.717, 1.165) is 35.5 Å². The van der Waals surface area contributed by atoms with Gasteiger partial charge in [0.05, 0.1) is 6.20 Å². The summed E-state index contributed by atoms with van der Waals surface area (Å²) >= 11 is 0. The van der Waals surface area contributed by atoms with E-state index >= 15 is 0 Å². The van der Waals surface area contributed by atoms with Gasteiger partial charge >= 0.3 is 0 Å². The monoisotopic (exact) mass is 273 g/mol. The first-order chi connectivity index (χ1) is 8.29. The molecule has 0 unspecified atom stereocenters. The van der Waals surface area contributed by atoms with Gasteiger partial charge < -0.3 is 5.73 Å². The molecule has 0 radical (unpaired) electrons.